The molecule has 0 radical (unpaired) electrons. The Labute approximate surface area is 193 Å². The standard InChI is InChI=1S/C27H18F2N2O3/c28-20-14-13-17(15-21(20)29)24-23-25(34-31(24)18-9-2-1-3-10-18)27(33)30(26(23)32)22-12-6-8-16-7-4-5-11-19(16)22/h1-15,23-25H/t23-,24+,25-/m0/s1. The predicted octanol–water partition coefficient (Wildman–Crippen LogP) is 5.17. The van der Waals surface area contributed by atoms with Crippen molar-refractivity contribution in [3.63, 3.8) is 0 Å². The topological polar surface area (TPSA) is 49.9 Å². The third kappa shape index (κ3) is 3.01. The molecule has 168 valence electrons. The number of carbonyl (C=O) groups is 2. The van der Waals surface area contributed by atoms with E-state index in [4.69, 9.17) is 4.84 Å². The highest BCUT2D eigenvalue weighted by Gasteiger charge is 2.60. The normalized spacial score (nSPS) is 22.0. The quantitative estimate of drug-likeness (QED) is 0.399. The molecular formula is C27H18F2N2O3. The van der Waals surface area contributed by atoms with Gasteiger partial charge in [0, 0.05) is 5.39 Å². The van der Waals surface area contributed by atoms with Gasteiger partial charge in [0.25, 0.3) is 5.91 Å². The van der Waals surface area contributed by atoms with E-state index in [0.717, 1.165) is 27.8 Å². The average molecular weight is 456 g/mol. The SMILES string of the molecule is O=C1[C@@H]2[C@H](ON(c3ccccc3)[C@@H]2c2ccc(F)c(F)c2)C(=O)N1c1cccc2ccccc12. The van der Waals surface area contributed by atoms with E-state index in [-0.39, 0.29) is 0 Å². The van der Waals surface area contributed by atoms with E-state index in [0.29, 0.717) is 16.9 Å². The lowest BCUT2D eigenvalue weighted by atomic mass is 9.90. The van der Waals surface area contributed by atoms with Crippen LogP contribution in [0.15, 0.2) is 91.0 Å². The Balaban J connectivity index is 1.48. The number of amides is 2. The van der Waals surface area contributed by atoms with E-state index in [1.54, 1.807) is 36.4 Å². The first-order chi connectivity index (χ1) is 16.5. The van der Waals surface area contributed by atoms with Crippen molar-refractivity contribution in [2.75, 3.05) is 9.96 Å². The van der Waals surface area contributed by atoms with E-state index < -0.39 is 41.5 Å². The van der Waals surface area contributed by atoms with Crippen LogP contribution in [0.5, 0.6) is 0 Å². The van der Waals surface area contributed by atoms with Gasteiger partial charge in [-0.15, -0.1) is 0 Å². The Kier molecular flexibility index (Phi) is 4.67. The number of para-hydroxylation sites is 1. The summed E-state index contributed by atoms with van der Waals surface area (Å²) >= 11 is 0. The number of anilines is 2. The third-order valence-electron chi connectivity index (χ3n) is 6.42. The number of halogens is 2. The maximum atomic E-state index is 14.2. The number of carbonyl (C=O) groups excluding carboxylic acids is 2. The van der Waals surface area contributed by atoms with Crippen molar-refractivity contribution in [1.29, 1.82) is 0 Å². The molecule has 0 unspecified atom stereocenters. The van der Waals surface area contributed by atoms with Crippen LogP contribution in [0.2, 0.25) is 0 Å². The van der Waals surface area contributed by atoms with Crippen LogP contribution in [0.1, 0.15) is 11.6 Å². The van der Waals surface area contributed by atoms with Gasteiger partial charge in [-0.1, -0.05) is 60.7 Å². The van der Waals surface area contributed by atoms with Crippen molar-refractivity contribution in [1.82, 2.24) is 0 Å². The van der Waals surface area contributed by atoms with Crippen LogP contribution in [0.3, 0.4) is 0 Å². The zero-order valence-electron chi connectivity index (χ0n) is 17.8. The summed E-state index contributed by atoms with van der Waals surface area (Å²) in [5, 5.41) is 3.11. The van der Waals surface area contributed by atoms with Crippen molar-refractivity contribution < 1.29 is 23.2 Å². The molecule has 2 heterocycles. The highest BCUT2D eigenvalue weighted by molar-refractivity contribution is 6.26. The summed E-state index contributed by atoms with van der Waals surface area (Å²) in [6.45, 7) is 0. The van der Waals surface area contributed by atoms with Gasteiger partial charge in [0.05, 0.1) is 17.4 Å². The van der Waals surface area contributed by atoms with Crippen molar-refractivity contribution in [3.05, 3.63) is 108 Å². The molecule has 4 aromatic rings. The molecule has 0 N–H and O–H groups in total. The smallest absolute Gasteiger partial charge is 0.266 e. The molecule has 3 atom stereocenters. The lowest BCUT2D eigenvalue weighted by Crippen LogP contribution is -2.37. The largest absolute Gasteiger partial charge is 0.273 e. The lowest BCUT2D eigenvalue weighted by Gasteiger charge is -2.29. The van der Waals surface area contributed by atoms with E-state index >= 15 is 0 Å². The summed E-state index contributed by atoms with van der Waals surface area (Å²) in [7, 11) is 0. The molecule has 2 aliphatic rings. The second-order valence-corrected chi connectivity index (χ2v) is 8.34. The molecule has 0 aliphatic carbocycles. The fourth-order valence-corrected chi connectivity index (χ4v) is 4.89. The van der Waals surface area contributed by atoms with Gasteiger partial charge < -0.3 is 0 Å². The highest BCUT2D eigenvalue weighted by Crippen LogP contribution is 2.48. The van der Waals surface area contributed by atoms with Crippen LogP contribution in [0.4, 0.5) is 20.2 Å². The summed E-state index contributed by atoms with van der Waals surface area (Å²) in [6, 6.07) is 24.5. The third-order valence-corrected chi connectivity index (χ3v) is 6.42. The van der Waals surface area contributed by atoms with Gasteiger partial charge in [-0.3, -0.25) is 14.4 Å². The van der Waals surface area contributed by atoms with Gasteiger partial charge in [0.15, 0.2) is 17.7 Å². The predicted molar refractivity (Wildman–Crippen MR) is 123 cm³/mol. The van der Waals surface area contributed by atoms with Crippen LogP contribution in [-0.4, -0.2) is 17.9 Å². The van der Waals surface area contributed by atoms with Gasteiger partial charge >= 0.3 is 0 Å². The summed E-state index contributed by atoms with van der Waals surface area (Å²) in [5.41, 5.74) is 1.42. The van der Waals surface area contributed by atoms with E-state index in [2.05, 4.69) is 0 Å². The number of rotatable bonds is 3. The molecule has 7 heteroatoms. The molecule has 2 saturated heterocycles. The Bertz CT molecular complexity index is 1440. The van der Waals surface area contributed by atoms with E-state index in [1.165, 1.54) is 11.1 Å². The molecule has 2 amide bonds. The summed E-state index contributed by atoms with van der Waals surface area (Å²) < 4.78 is 27.9. The minimum Gasteiger partial charge on any atom is -0.273 e. The van der Waals surface area contributed by atoms with Crippen LogP contribution in [-0.2, 0) is 14.4 Å². The van der Waals surface area contributed by atoms with Gasteiger partial charge in [0.1, 0.15) is 5.92 Å². The van der Waals surface area contributed by atoms with Crippen molar-refractivity contribution >= 4 is 34.0 Å². The number of benzene rings is 4. The minimum atomic E-state index is -1.09. The molecule has 5 nitrogen and oxygen atoms in total. The average Bonchev–Trinajstić information content (AvgIpc) is 3.37. The Hall–Kier alpha value is -4.10. The first kappa shape index (κ1) is 20.5. The number of hydroxylamine groups is 1. The molecule has 0 saturated carbocycles. The molecule has 0 aromatic heterocycles. The fourth-order valence-electron chi connectivity index (χ4n) is 4.89. The lowest BCUT2D eigenvalue weighted by molar-refractivity contribution is -0.126. The molecule has 2 aliphatic heterocycles. The molecule has 4 aromatic carbocycles. The molecular weight excluding hydrogens is 438 g/mol. The number of hydrogen-bond acceptors (Lipinski definition) is 4. The summed E-state index contributed by atoms with van der Waals surface area (Å²) in [5.74, 6) is -3.89. The van der Waals surface area contributed by atoms with Crippen molar-refractivity contribution in [2.24, 2.45) is 5.92 Å². The maximum Gasteiger partial charge on any atom is 0.266 e. The summed E-state index contributed by atoms with van der Waals surface area (Å²) in [6.07, 6.45) is -1.09. The minimum absolute atomic E-state index is 0.344. The molecule has 2 fully saturated rings. The first-order valence-electron chi connectivity index (χ1n) is 10.9. The van der Waals surface area contributed by atoms with Crippen LogP contribution >= 0.6 is 0 Å². The number of hydrogen-bond donors (Lipinski definition) is 0. The number of nitrogens with zero attached hydrogens (tertiary/aromatic N) is 2. The molecule has 0 bridgehead atoms. The second-order valence-electron chi connectivity index (χ2n) is 8.34. The number of fused-ring (bicyclic) bond motifs is 2. The Morgan fingerprint density at radius 1 is 0.735 bits per heavy atom. The Morgan fingerprint density at radius 3 is 2.26 bits per heavy atom. The fraction of sp³-hybridized carbons (Fsp3) is 0.111. The molecule has 6 rings (SSSR count). The van der Waals surface area contributed by atoms with Gasteiger partial charge in [-0.2, -0.15) is 0 Å². The van der Waals surface area contributed by atoms with Crippen LogP contribution in [0.25, 0.3) is 10.8 Å². The zero-order chi connectivity index (χ0) is 23.4. The highest BCUT2D eigenvalue weighted by atomic mass is 19.2. The maximum absolute atomic E-state index is 14.2. The molecule has 0 spiro atoms. The van der Waals surface area contributed by atoms with Crippen LogP contribution < -0.4 is 9.96 Å². The van der Waals surface area contributed by atoms with Gasteiger partial charge in [-0.05, 0) is 41.3 Å². The summed E-state index contributed by atoms with van der Waals surface area (Å²) in [4.78, 5) is 34.5. The van der Waals surface area contributed by atoms with Crippen molar-refractivity contribution in [3.8, 4) is 0 Å². The number of imide groups is 1. The van der Waals surface area contributed by atoms with Gasteiger partial charge in [-0.25, -0.2) is 18.7 Å². The zero-order valence-corrected chi connectivity index (χ0v) is 17.8. The van der Waals surface area contributed by atoms with Crippen LogP contribution in [0, 0.1) is 17.6 Å². The van der Waals surface area contributed by atoms with E-state index in [1.807, 2.05) is 36.4 Å². The second kappa shape index (κ2) is 7.74. The van der Waals surface area contributed by atoms with E-state index in [9.17, 15) is 18.4 Å². The Morgan fingerprint density at radius 2 is 1.47 bits per heavy atom. The monoisotopic (exact) mass is 456 g/mol. The van der Waals surface area contributed by atoms with Gasteiger partial charge in [0.2, 0.25) is 5.91 Å². The molecule has 34 heavy (non-hydrogen) atoms. The van der Waals surface area contributed by atoms with Crippen molar-refractivity contribution in [2.45, 2.75) is 12.1 Å². The first-order valence-corrected chi connectivity index (χ1v) is 10.9.